The van der Waals surface area contributed by atoms with Crippen LogP contribution in [0.5, 0.6) is 5.75 Å². The Balaban J connectivity index is 0.00000576. The highest BCUT2D eigenvalue weighted by Crippen LogP contribution is 2.30. The highest BCUT2D eigenvalue weighted by Gasteiger charge is 2.46. The summed E-state index contributed by atoms with van der Waals surface area (Å²) in [6.45, 7) is 5.81. The van der Waals surface area contributed by atoms with E-state index in [4.69, 9.17) is 4.74 Å². The Kier molecular flexibility index (Phi) is 10.2. The number of halogens is 4. The van der Waals surface area contributed by atoms with Crippen LogP contribution in [-0.2, 0) is 9.84 Å². The molecule has 0 unspecified atom stereocenters. The summed E-state index contributed by atoms with van der Waals surface area (Å²) in [6, 6.07) is 4.09. The molecule has 1 aromatic carbocycles. The average Bonchev–Trinajstić information content (AvgIpc) is 2.51. The number of nitrogens with one attached hydrogen (secondary N) is 2. The molecule has 25 heavy (non-hydrogen) atoms. The maximum atomic E-state index is 12.4. The number of guanidine groups is 1. The largest absolute Gasteiger partial charge is 0.501 e. The standard InChI is InChI=1S/C14H20F3N3O3S.HI/c1-3-18-13(19-4-2)20-9-10-23-11-5-7-12(8-6-11)24(21,22)14(15,16)17;/h5-8H,3-4,9-10H2,1-2H3,(H2,18,19,20);1H. The summed E-state index contributed by atoms with van der Waals surface area (Å²) < 4.78 is 65.0. The summed E-state index contributed by atoms with van der Waals surface area (Å²) >= 11 is 0. The van der Waals surface area contributed by atoms with Crippen molar-refractivity contribution in [2.75, 3.05) is 26.2 Å². The molecule has 0 fully saturated rings. The van der Waals surface area contributed by atoms with Gasteiger partial charge >= 0.3 is 5.51 Å². The lowest BCUT2D eigenvalue weighted by atomic mass is 10.3. The Morgan fingerprint density at radius 1 is 1.12 bits per heavy atom. The Morgan fingerprint density at radius 2 is 1.64 bits per heavy atom. The normalized spacial score (nSPS) is 11.2. The van der Waals surface area contributed by atoms with Crippen LogP contribution in [0.4, 0.5) is 13.2 Å². The quantitative estimate of drug-likeness (QED) is 0.263. The highest BCUT2D eigenvalue weighted by atomic mass is 127. The average molecular weight is 495 g/mol. The molecular formula is C14H21F3IN3O3S. The Bertz CT molecular complexity index is 642. The minimum atomic E-state index is -5.34. The van der Waals surface area contributed by atoms with E-state index in [9.17, 15) is 21.6 Å². The van der Waals surface area contributed by atoms with Crippen molar-refractivity contribution in [3.63, 3.8) is 0 Å². The number of sulfone groups is 1. The fourth-order valence-corrected chi connectivity index (χ4v) is 2.44. The monoisotopic (exact) mass is 495 g/mol. The number of rotatable bonds is 7. The molecule has 6 nitrogen and oxygen atoms in total. The molecule has 0 aliphatic heterocycles. The van der Waals surface area contributed by atoms with Gasteiger partial charge in [-0.15, -0.1) is 24.0 Å². The van der Waals surface area contributed by atoms with Gasteiger partial charge in [-0.05, 0) is 38.1 Å². The van der Waals surface area contributed by atoms with Crippen LogP contribution in [0.15, 0.2) is 34.2 Å². The van der Waals surface area contributed by atoms with Crippen LogP contribution in [-0.4, -0.2) is 46.1 Å². The van der Waals surface area contributed by atoms with E-state index in [-0.39, 0.29) is 36.3 Å². The second-order valence-corrected chi connectivity index (χ2v) is 6.50. The van der Waals surface area contributed by atoms with Gasteiger partial charge in [-0.1, -0.05) is 0 Å². The molecule has 0 heterocycles. The molecule has 144 valence electrons. The third-order valence-corrected chi connectivity index (χ3v) is 4.26. The van der Waals surface area contributed by atoms with Crippen LogP contribution in [0.1, 0.15) is 13.8 Å². The third-order valence-electron chi connectivity index (χ3n) is 2.76. The number of nitrogens with zero attached hydrogens (tertiary/aromatic N) is 1. The van der Waals surface area contributed by atoms with Gasteiger partial charge in [0.05, 0.1) is 11.4 Å². The molecule has 0 aliphatic carbocycles. The van der Waals surface area contributed by atoms with Crippen LogP contribution in [0.25, 0.3) is 0 Å². The first kappa shape index (κ1) is 23.8. The Hall–Kier alpha value is -1.24. The van der Waals surface area contributed by atoms with Gasteiger partial charge in [0.2, 0.25) is 0 Å². The lowest BCUT2D eigenvalue weighted by molar-refractivity contribution is -0.0436. The summed E-state index contributed by atoms with van der Waals surface area (Å²) in [6.07, 6.45) is 0. The van der Waals surface area contributed by atoms with E-state index >= 15 is 0 Å². The van der Waals surface area contributed by atoms with Crippen molar-refractivity contribution in [3.8, 4) is 5.75 Å². The van der Waals surface area contributed by atoms with Gasteiger partial charge < -0.3 is 15.4 Å². The Morgan fingerprint density at radius 3 is 2.08 bits per heavy atom. The van der Waals surface area contributed by atoms with Crippen molar-refractivity contribution >= 4 is 39.8 Å². The zero-order valence-electron chi connectivity index (χ0n) is 13.8. The molecule has 0 radical (unpaired) electrons. The minimum absolute atomic E-state index is 0. The van der Waals surface area contributed by atoms with Gasteiger partial charge in [-0.25, -0.2) is 13.4 Å². The van der Waals surface area contributed by atoms with E-state index in [1.54, 1.807) is 0 Å². The molecule has 1 rings (SSSR count). The van der Waals surface area contributed by atoms with Crippen molar-refractivity contribution in [2.45, 2.75) is 24.3 Å². The number of hydrogen-bond acceptors (Lipinski definition) is 4. The van der Waals surface area contributed by atoms with Crippen molar-refractivity contribution in [1.82, 2.24) is 10.6 Å². The zero-order chi connectivity index (χ0) is 18.2. The van der Waals surface area contributed by atoms with Gasteiger partial charge in [0.1, 0.15) is 12.4 Å². The first-order chi connectivity index (χ1) is 11.2. The van der Waals surface area contributed by atoms with Crippen LogP contribution in [0, 0.1) is 0 Å². The fraction of sp³-hybridized carbons (Fsp3) is 0.500. The summed E-state index contributed by atoms with van der Waals surface area (Å²) in [5.41, 5.74) is -5.32. The second kappa shape index (κ2) is 10.7. The van der Waals surface area contributed by atoms with Gasteiger partial charge in [0, 0.05) is 13.1 Å². The molecule has 0 saturated heterocycles. The van der Waals surface area contributed by atoms with Gasteiger partial charge in [0.25, 0.3) is 9.84 Å². The Labute approximate surface area is 162 Å². The van der Waals surface area contributed by atoms with Crippen molar-refractivity contribution in [3.05, 3.63) is 24.3 Å². The predicted octanol–water partition coefficient (Wildman–Crippen LogP) is 2.55. The number of alkyl halides is 3. The molecule has 0 bridgehead atoms. The minimum Gasteiger partial charge on any atom is -0.492 e. The first-order valence-electron chi connectivity index (χ1n) is 7.28. The zero-order valence-corrected chi connectivity index (χ0v) is 16.9. The summed E-state index contributed by atoms with van der Waals surface area (Å²) in [4.78, 5) is 3.41. The second-order valence-electron chi connectivity index (χ2n) is 4.56. The van der Waals surface area contributed by atoms with Gasteiger partial charge in [-0.2, -0.15) is 13.2 Å². The first-order valence-corrected chi connectivity index (χ1v) is 8.77. The molecule has 11 heteroatoms. The topological polar surface area (TPSA) is 79.8 Å². The summed E-state index contributed by atoms with van der Waals surface area (Å²) in [5, 5.41) is 6.06. The van der Waals surface area contributed by atoms with E-state index in [1.165, 1.54) is 12.1 Å². The van der Waals surface area contributed by atoms with Crippen molar-refractivity contribution in [1.29, 1.82) is 0 Å². The number of ether oxygens (including phenoxy) is 1. The lowest BCUT2D eigenvalue weighted by Crippen LogP contribution is -2.37. The summed E-state index contributed by atoms with van der Waals surface area (Å²) in [7, 11) is -5.34. The predicted molar refractivity (Wildman–Crippen MR) is 100 cm³/mol. The highest BCUT2D eigenvalue weighted by molar-refractivity contribution is 14.0. The molecule has 0 atom stereocenters. The SMILES string of the molecule is CCNC(=NCCOc1ccc(S(=O)(=O)C(F)(F)F)cc1)NCC.I. The van der Waals surface area contributed by atoms with Crippen LogP contribution in [0.2, 0.25) is 0 Å². The smallest absolute Gasteiger partial charge is 0.492 e. The molecule has 2 N–H and O–H groups in total. The number of benzene rings is 1. The third kappa shape index (κ3) is 7.26. The molecule has 0 aromatic heterocycles. The number of hydrogen-bond donors (Lipinski definition) is 2. The molecular weight excluding hydrogens is 474 g/mol. The van der Waals surface area contributed by atoms with E-state index in [0.29, 0.717) is 25.6 Å². The number of aliphatic imine (C=N–C) groups is 1. The van der Waals surface area contributed by atoms with Gasteiger partial charge in [0.15, 0.2) is 5.96 Å². The molecule has 0 aliphatic rings. The van der Waals surface area contributed by atoms with E-state index in [2.05, 4.69) is 15.6 Å². The lowest BCUT2D eigenvalue weighted by Gasteiger charge is -2.10. The molecule has 1 aromatic rings. The van der Waals surface area contributed by atoms with Crippen LogP contribution >= 0.6 is 24.0 Å². The maximum Gasteiger partial charge on any atom is 0.501 e. The van der Waals surface area contributed by atoms with Crippen LogP contribution < -0.4 is 15.4 Å². The van der Waals surface area contributed by atoms with E-state index < -0.39 is 20.2 Å². The molecule has 0 spiro atoms. The fourth-order valence-electron chi connectivity index (χ4n) is 1.68. The van der Waals surface area contributed by atoms with E-state index in [0.717, 1.165) is 12.1 Å². The summed E-state index contributed by atoms with van der Waals surface area (Å²) in [5.74, 6) is 0.898. The molecule has 0 amide bonds. The van der Waals surface area contributed by atoms with Crippen LogP contribution in [0.3, 0.4) is 0 Å². The molecule has 0 saturated carbocycles. The van der Waals surface area contributed by atoms with Gasteiger partial charge in [-0.3, -0.25) is 0 Å². The van der Waals surface area contributed by atoms with Crippen molar-refractivity contribution < 1.29 is 26.3 Å². The van der Waals surface area contributed by atoms with E-state index in [1.807, 2.05) is 13.8 Å². The maximum absolute atomic E-state index is 12.4. The van der Waals surface area contributed by atoms with Crippen molar-refractivity contribution in [2.24, 2.45) is 4.99 Å².